The van der Waals surface area contributed by atoms with Gasteiger partial charge in [0, 0.05) is 19.3 Å². The Hall–Kier alpha value is -2.98. The van der Waals surface area contributed by atoms with Crippen LogP contribution in [-0.2, 0) is 11.4 Å². The van der Waals surface area contributed by atoms with Crippen LogP contribution in [0.4, 0.5) is 14.5 Å². The van der Waals surface area contributed by atoms with Gasteiger partial charge in [-0.3, -0.25) is 10.2 Å². The highest BCUT2D eigenvalue weighted by Crippen LogP contribution is 2.30. The Labute approximate surface area is 143 Å². The van der Waals surface area contributed by atoms with Crippen molar-refractivity contribution in [3.05, 3.63) is 48.2 Å². The van der Waals surface area contributed by atoms with Gasteiger partial charge in [0.25, 0.3) is 0 Å². The molecule has 0 saturated heterocycles. The summed E-state index contributed by atoms with van der Waals surface area (Å²) in [5, 5.41) is 1.31. The summed E-state index contributed by atoms with van der Waals surface area (Å²) in [5.41, 5.74) is 2.71. The van der Waals surface area contributed by atoms with Gasteiger partial charge in [0.2, 0.25) is 12.3 Å². The van der Waals surface area contributed by atoms with Crippen LogP contribution < -0.4 is 31.6 Å². The second-order valence-corrected chi connectivity index (χ2v) is 4.48. The largest absolute Gasteiger partial charge is 0.473 e. The van der Waals surface area contributed by atoms with E-state index in [1.807, 2.05) is 0 Å². The smallest absolute Gasteiger partial charge is 0.387 e. The van der Waals surface area contributed by atoms with E-state index >= 15 is 0 Å². The summed E-state index contributed by atoms with van der Waals surface area (Å²) < 4.78 is 34.9. The first-order chi connectivity index (χ1) is 12.0. The molecule has 8 nitrogen and oxygen atoms in total. The first kappa shape index (κ1) is 20.1. The lowest BCUT2D eigenvalue weighted by Crippen LogP contribution is -2.27. The van der Waals surface area contributed by atoms with Crippen molar-refractivity contribution >= 4 is 12.1 Å². The monoisotopic (exact) mass is 355 g/mol. The molecule has 0 radical (unpaired) electrons. The van der Waals surface area contributed by atoms with Crippen molar-refractivity contribution in [2.45, 2.75) is 13.2 Å². The molecule has 0 atom stereocenters. The molecule has 1 amide bonds. The van der Waals surface area contributed by atoms with Gasteiger partial charge in [0.05, 0.1) is 11.3 Å². The minimum atomic E-state index is -2.92. The van der Waals surface area contributed by atoms with Gasteiger partial charge in [0.1, 0.15) is 12.4 Å². The molecule has 25 heavy (non-hydrogen) atoms. The molecule has 1 aromatic carbocycles. The summed E-state index contributed by atoms with van der Waals surface area (Å²) in [6.45, 7) is -2.91. The summed E-state index contributed by atoms with van der Waals surface area (Å²) >= 11 is 0. The number of pyridine rings is 1. The number of ether oxygens (including phenoxy) is 2. The second-order valence-electron chi connectivity index (χ2n) is 4.48. The Kier molecular flexibility index (Phi) is 8.61. The SMILES string of the molecule is CN(N)c1cccc(OC(F)F)c1COc1ccccn1.NNC=O. The minimum absolute atomic E-state index is 0.0107. The second kappa shape index (κ2) is 10.7. The van der Waals surface area contributed by atoms with E-state index in [1.54, 1.807) is 49.0 Å². The quantitative estimate of drug-likeness (QED) is 0.296. The molecule has 0 aliphatic heterocycles. The fourth-order valence-corrected chi connectivity index (χ4v) is 1.81. The third-order valence-electron chi connectivity index (χ3n) is 2.77. The highest BCUT2D eigenvalue weighted by molar-refractivity contribution is 5.58. The van der Waals surface area contributed by atoms with E-state index in [2.05, 4.69) is 15.6 Å². The average molecular weight is 355 g/mol. The number of aromatic nitrogens is 1. The van der Waals surface area contributed by atoms with E-state index in [0.29, 0.717) is 23.5 Å². The molecule has 0 fully saturated rings. The van der Waals surface area contributed by atoms with Crippen LogP contribution in [-0.4, -0.2) is 25.1 Å². The summed E-state index contributed by atoms with van der Waals surface area (Å²) in [6, 6.07) is 9.90. The maximum Gasteiger partial charge on any atom is 0.387 e. The zero-order valence-corrected chi connectivity index (χ0v) is 13.4. The van der Waals surface area contributed by atoms with Crippen LogP contribution in [0.2, 0.25) is 0 Å². The summed E-state index contributed by atoms with van der Waals surface area (Å²) in [4.78, 5) is 12.9. The maximum absolute atomic E-state index is 12.5. The summed E-state index contributed by atoms with van der Waals surface area (Å²) in [5.74, 6) is 10.5. The zero-order valence-electron chi connectivity index (χ0n) is 13.4. The Morgan fingerprint density at radius 1 is 1.32 bits per heavy atom. The van der Waals surface area contributed by atoms with Crippen molar-refractivity contribution < 1.29 is 23.0 Å². The molecule has 2 aromatic rings. The maximum atomic E-state index is 12.5. The van der Waals surface area contributed by atoms with Gasteiger partial charge in [-0.25, -0.2) is 16.7 Å². The molecule has 0 saturated carbocycles. The van der Waals surface area contributed by atoms with Crippen LogP contribution in [0.3, 0.4) is 0 Å². The molecule has 1 aromatic heterocycles. The number of carbonyl (C=O) groups excluding carboxylic acids is 1. The number of hydrazine groups is 2. The van der Waals surface area contributed by atoms with Crippen molar-refractivity contribution in [3.63, 3.8) is 0 Å². The standard InChI is InChI=1S/C14H15F2N3O2.CH4N2O/c1-19(17)11-5-4-6-12(21-14(15)16)10(11)9-20-13-7-2-3-8-18-13;2-3-1-4/h2-8,14H,9,17H2,1H3;1H,2H2,(H,3,4). The van der Waals surface area contributed by atoms with Gasteiger partial charge in [-0.2, -0.15) is 8.78 Å². The number of rotatable bonds is 7. The van der Waals surface area contributed by atoms with E-state index in [9.17, 15) is 8.78 Å². The van der Waals surface area contributed by atoms with Crippen LogP contribution in [0.25, 0.3) is 0 Å². The highest BCUT2D eigenvalue weighted by atomic mass is 19.3. The molecule has 0 unspecified atom stereocenters. The van der Waals surface area contributed by atoms with E-state index in [-0.39, 0.29) is 12.4 Å². The predicted octanol–water partition coefficient (Wildman–Crippen LogP) is 1.18. The Bertz CT molecular complexity index is 644. The summed E-state index contributed by atoms with van der Waals surface area (Å²) in [7, 11) is 1.60. The lowest BCUT2D eigenvalue weighted by molar-refractivity contribution is -0.109. The number of nitrogens with two attached hydrogens (primary N) is 2. The highest BCUT2D eigenvalue weighted by Gasteiger charge is 2.15. The molecule has 5 N–H and O–H groups in total. The number of anilines is 1. The van der Waals surface area contributed by atoms with Gasteiger partial charge < -0.3 is 14.5 Å². The van der Waals surface area contributed by atoms with Gasteiger partial charge in [-0.05, 0) is 18.2 Å². The van der Waals surface area contributed by atoms with Crippen LogP contribution in [0.1, 0.15) is 5.56 Å². The topological polar surface area (TPSA) is 116 Å². The molecule has 136 valence electrons. The molecule has 2 rings (SSSR count). The van der Waals surface area contributed by atoms with Crippen molar-refractivity contribution in [1.82, 2.24) is 10.4 Å². The van der Waals surface area contributed by atoms with E-state index < -0.39 is 6.61 Å². The van der Waals surface area contributed by atoms with Crippen molar-refractivity contribution in [1.29, 1.82) is 0 Å². The number of hydrogen-bond acceptors (Lipinski definition) is 7. The Morgan fingerprint density at radius 2 is 2.04 bits per heavy atom. The number of nitrogens with one attached hydrogen (secondary N) is 1. The normalized spacial score (nSPS) is 9.68. The number of benzene rings is 1. The van der Waals surface area contributed by atoms with Crippen molar-refractivity contribution in [3.8, 4) is 11.6 Å². The Balaban J connectivity index is 0.000000705. The van der Waals surface area contributed by atoms with Gasteiger partial charge >= 0.3 is 6.61 Å². The Morgan fingerprint density at radius 3 is 2.56 bits per heavy atom. The number of carbonyl (C=O) groups is 1. The number of amides is 1. The van der Waals surface area contributed by atoms with Crippen LogP contribution >= 0.6 is 0 Å². The van der Waals surface area contributed by atoms with Gasteiger partial charge in [0.15, 0.2) is 0 Å². The number of alkyl halides is 2. The zero-order chi connectivity index (χ0) is 18.7. The molecule has 10 heteroatoms. The number of nitrogens with zero attached hydrogens (tertiary/aromatic N) is 2. The van der Waals surface area contributed by atoms with Crippen molar-refractivity contribution in [2.24, 2.45) is 11.7 Å². The number of halogens is 2. The molecular formula is C15H19F2N5O3. The third-order valence-corrected chi connectivity index (χ3v) is 2.77. The lowest BCUT2D eigenvalue weighted by atomic mass is 10.1. The third kappa shape index (κ3) is 6.97. The van der Waals surface area contributed by atoms with E-state index in [0.717, 1.165) is 0 Å². The lowest BCUT2D eigenvalue weighted by Gasteiger charge is -2.20. The summed E-state index contributed by atoms with van der Waals surface area (Å²) in [6.07, 6.45) is 1.98. The number of hydrogen-bond donors (Lipinski definition) is 3. The van der Waals surface area contributed by atoms with Crippen LogP contribution in [0.5, 0.6) is 11.6 Å². The molecule has 0 bridgehead atoms. The molecule has 0 aliphatic rings. The molecule has 0 spiro atoms. The van der Waals surface area contributed by atoms with Crippen LogP contribution in [0.15, 0.2) is 42.6 Å². The van der Waals surface area contributed by atoms with Crippen LogP contribution in [0, 0.1) is 0 Å². The average Bonchev–Trinajstić information content (AvgIpc) is 2.61. The van der Waals surface area contributed by atoms with E-state index in [4.69, 9.17) is 15.4 Å². The molecule has 0 aliphatic carbocycles. The van der Waals surface area contributed by atoms with Gasteiger partial charge in [-0.1, -0.05) is 12.1 Å². The molecular weight excluding hydrogens is 336 g/mol. The van der Waals surface area contributed by atoms with E-state index in [1.165, 1.54) is 11.1 Å². The van der Waals surface area contributed by atoms with Gasteiger partial charge in [-0.15, -0.1) is 0 Å². The van der Waals surface area contributed by atoms with Crippen molar-refractivity contribution in [2.75, 3.05) is 12.1 Å². The molecule has 1 heterocycles. The first-order valence-electron chi connectivity index (χ1n) is 6.98. The predicted molar refractivity (Wildman–Crippen MR) is 87.6 cm³/mol. The fourth-order valence-electron chi connectivity index (χ4n) is 1.81. The minimum Gasteiger partial charge on any atom is -0.473 e. The fraction of sp³-hybridized carbons (Fsp3) is 0.200. The first-order valence-corrected chi connectivity index (χ1v) is 6.98.